The van der Waals surface area contributed by atoms with E-state index in [-0.39, 0.29) is 17.2 Å². The summed E-state index contributed by atoms with van der Waals surface area (Å²) in [5, 5.41) is 7.47. The van der Waals surface area contributed by atoms with E-state index in [1.807, 2.05) is 0 Å². The van der Waals surface area contributed by atoms with E-state index in [4.69, 9.17) is 4.74 Å². The SMILES string of the molecule is Cn1nc(C(=O)OCC(=O)c2ccc(NC(=O)C(C)(C)C)cc2)c2ccccc2c1=O. The lowest BCUT2D eigenvalue weighted by Crippen LogP contribution is -2.27. The molecule has 1 aromatic heterocycles. The van der Waals surface area contributed by atoms with E-state index >= 15 is 0 Å². The average Bonchev–Trinajstić information content (AvgIpc) is 2.74. The van der Waals surface area contributed by atoms with Crippen molar-refractivity contribution in [3.63, 3.8) is 0 Å². The van der Waals surface area contributed by atoms with Crippen LogP contribution in [0.25, 0.3) is 10.8 Å². The van der Waals surface area contributed by atoms with Crippen LogP contribution in [0, 0.1) is 5.41 Å². The van der Waals surface area contributed by atoms with Crippen molar-refractivity contribution >= 4 is 34.1 Å². The number of nitrogens with one attached hydrogen (secondary N) is 1. The fraction of sp³-hybridized carbons (Fsp3) is 0.261. The molecule has 1 heterocycles. The van der Waals surface area contributed by atoms with Crippen molar-refractivity contribution in [3.8, 4) is 0 Å². The van der Waals surface area contributed by atoms with Crippen molar-refractivity contribution in [2.75, 3.05) is 11.9 Å². The van der Waals surface area contributed by atoms with Gasteiger partial charge in [-0.25, -0.2) is 9.48 Å². The van der Waals surface area contributed by atoms with E-state index in [9.17, 15) is 19.2 Å². The second-order valence-corrected chi connectivity index (χ2v) is 8.10. The smallest absolute Gasteiger partial charge is 0.359 e. The molecule has 1 N–H and O–H groups in total. The Morgan fingerprint density at radius 2 is 1.61 bits per heavy atom. The van der Waals surface area contributed by atoms with Crippen LogP contribution in [0.3, 0.4) is 0 Å². The van der Waals surface area contributed by atoms with Crippen LogP contribution >= 0.6 is 0 Å². The Morgan fingerprint density at radius 3 is 2.23 bits per heavy atom. The summed E-state index contributed by atoms with van der Waals surface area (Å²) in [5.41, 5.74) is -0.0104. The molecule has 8 nitrogen and oxygen atoms in total. The summed E-state index contributed by atoms with van der Waals surface area (Å²) in [4.78, 5) is 49.2. The highest BCUT2D eigenvalue weighted by Gasteiger charge is 2.21. The number of nitrogens with zero attached hydrogens (tertiary/aromatic N) is 2. The zero-order valence-corrected chi connectivity index (χ0v) is 17.8. The van der Waals surface area contributed by atoms with Crippen molar-refractivity contribution in [2.24, 2.45) is 12.5 Å². The molecular weight excluding hydrogens is 398 g/mol. The number of ether oxygens (including phenoxy) is 1. The molecule has 0 saturated heterocycles. The molecule has 31 heavy (non-hydrogen) atoms. The first-order valence-electron chi connectivity index (χ1n) is 9.66. The van der Waals surface area contributed by atoms with Crippen molar-refractivity contribution in [2.45, 2.75) is 20.8 Å². The number of fused-ring (bicyclic) bond motifs is 1. The van der Waals surface area contributed by atoms with E-state index < -0.39 is 23.8 Å². The van der Waals surface area contributed by atoms with Crippen LogP contribution in [0.15, 0.2) is 53.3 Å². The third kappa shape index (κ3) is 4.85. The Labute approximate surface area is 178 Å². The van der Waals surface area contributed by atoms with Crippen LogP contribution < -0.4 is 10.9 Å². The van der Waals surface area contributed by atoms with Gasteiger partial charge in [-0.05, 0) is 30.3 Å². The number of hydrogen-bond donors (Lipinski definition) is 1. The number of carbonyl (C=O) groups is 3. The first-order chi connectivity index (χ1) is 14.6. The predicted molar refractivity (Wildman–Crippen MR) is 116 cm³/mol. The number of hydrogen-bond acceptors (Lipinski definition) is 6. The number of rotatable bonds is 5. The zero-order valence-electron chi connectivity index (χ0n) is 17.8. The summed E-state index contributed by atoms with van der Waals surface area (Å²) < 4.78 is 6.21. The second kappa shape index (κ2) is 8.51. The Morgan fingerprint density at radius 1 is 1.00 bits per heavy atom. The van der Waals surface area contributed by atoms with Crippen molar-refractivity contribution in [1.29, 1.82) is 0 Å². The largest absolute Gasteiger partial charge is 0.452 e. The maximum absolute atomic E-state index is 12.5. The molecule has 2 aromatic carbocycles. The zero-order chi connectivity index (χ0) is 22.8. The van der Waals surface area contributed by atoms with Crippen molar-refractivity contribution in [1.82, 2.24) is 9.78 Å². The average molecular weight is 421 g/mol. The number of benzene rings is 2. The monoisotopic (exact) mass is 421 g/mol. The van der Waals surface area contributed by atoms with Crippen LogP contribution in [0.5, 0.6) is 0 Å². The predicted octanol–water partition coefficient (Wildman–Crippen LogP) is 2.96. The Bertz CT molecular complexity index is 1220. The maximum Gasteiger partial charge on any atom is 0.359 e. The summed E-state index contributed by atoms with van der Waals surface area (Å²) in [6.45, 7) is 4.93. The van der Waals surface area contributed by atoms with Gasteiger partial charge in [0.05, 0.1) is 5.39 Å². The minimum atomic E-state index is -0.797. The normalized spacial score (nSPS) is 11.2. The summed E-state index contributed by atoms with van der Waals surface area (Å²) in [7, 11) is 1.44. The molecule has 3 rings (SSSR count). The number of amides is 1. The lowest BCUT2D eigenvalue weighted by molar-refractivity contribution is -0.123. The molecule has 0 spiro atoms. The van der Waals surface area contributed by atoms with Crippen LogP contribution in [0.4, 0.5) is 5.69 Å². The van der Waals surface area contributed by atoms with Gasteiger partial charge in [0.1, 0.15) is 0 Å². The highest BCUT2D eigenvalue weighted by atomic mass is 16.5. The molecule has 8 heteroatoms. The summed E-state index contributed by atoms with van der Waals surface area (Å²) in [6, 6.07) is 12.9. The molecule has 0 aliphatic heterocycles. The maximum atomic E-state index is 12.5. The molecule has 0 bridgehead atoms. The van der Waals surface area contributed by atoms with E-state index in [1.165, 1.54) is 7.05 Å². The first-order valence-corrected chi connectivity index (χ1v) is 9.66. The van der Waals surface area contributed by atoms with Gasteiger partial charge >= 0.3 is 5.97 Å². The standard InChI is InChI=1S/C23H23N3O5/c1-23(2,3)22(30)24-15-11-9-14(10-12-15)18(27)13-31-21(29)19-16-7-5-6-8-17(16)20(28)26(4)25-19/h5-12H,13H2,1-4H3,(H,24,30). The van der Waals surface area contributed by atoms with Gasteiger partial charge in [-0.15, -0.1) is 0 Å². The van der Waals surface area contributed by atoms with Gasteiger partial charge in [0, 0.05) is 29.1 Å². The molecule has 0 atom stereocenters. The van der Waals surface area contributed by atoms with E-state index in [1.54, 1.807) is 69.3 Å². The third-order valence-corrected chi connectivity index (χ3v) is 4.63. The fourth-order valence-electron chi connectivity index (χ4n) is 2.79. The van der Waals surface area contributed by atoms with Gasteiger partial charge in [0.25, 0.3) is 5.56 Å². The molecule has 0 unspecified atom stereocenters. The molecule has 1 amide bonds. The lowest BCUT2D eigenvalue weighted by atomic mass is 9.95. The lowest BCUT2D eigenvalue weighted by Gasteiger charge is -2.17. The minimum Gasteiger partial charge on any atom is -0.452 e. The van der Waals surface area contributed by atoms with Crippen molar-refractivity contribution in [3.05, 3.63) is 70.1 Å². The number of carbonyl (C=O) groups excluding carboxylic acids is 3. The van der Waals surface area contributed by atoms with E-state index in [2.05, 4.69) is 10.4 Å². The quantitative estimate of drug-likeness (QED) is 0.501. The Kier molecular flexibility index (Phi) is 6.01. The van der Waals surface area contributed by atoms with Crippen LogP contribution in [-0.4, -0.2) is 34.0 Å². The molecule has 3 aromatic rings. The van der Waals surface area contributed by atoms with Gasteiger partial charge in [0.15, 0.2) is 18.1 Å². The summed E-state index contributed by atoms with van der Waals surface area (Å²) >= 11 is 0. The van der Waals surface area contributed by atoms with Crippen molar-refractivity contribution < 1.29 is 19.1 Å². The third-order valence-electron chi connectivity index (χ3n) is 4.63. The summed E-state index contributed by atoms with van der Waals surface area (Å²) in [6.07, 6.45) is 0. The number of ketones is 1. The van der Waals surface area contributed by atoms with Gasteiger partial charge in [-0.1, -0.05) is 39.0 Å². The summed E-state index contributed by atoms with van der Waals surface area (Å²) in [5.74, 6) is -1.34. The Hall–Kier alpha value is -3.81. The van der Waals surface area contributed by atoms with Gasteiger partial charge in [-0.3, -0.25) is 14.4 Å². The molecule has 0 aliphatic carbocycles. The van der Waals surface area contributed by atoms with E-state index in [0.717, 1.165) is 4.68 Å². The highest BCUT2D eigenvalue weighted by molar-refractivity contribution is 6.04. The van der Waals surface area contributed by atoms with Gasteiger partial charge in [-0.2, -0.15) is 5.10 Å². The molecule has 0 radical (unpaired) electrons. The number of esters is 1. The highest BCUT2D eigenvalue weighted by Crippen LogP contribution is 2.18. The second-order valence-electron chi connectivity index (χ2n) is 8.10. The van der Waals surface area contributed by atoms with Crippen LogP contribution in [0.1, 0.15) is 41.6 Å². The number of aromatic nitrogens is 2. The van der Waals surface area contributed by atoms with E-state index in [0.29, 0.717) is 22.0 Å². The van der Waals surface area contributed by atoms with Crippen LogP contribution in [0.2, 0.25) is 0 Å². The molecule has 0 saturated carbocycles. The number of aryl methyl sites for hydroxylation is 1. The fourth-order valence-corrected chi connectivity index (χ4v) is 2.79. The Balaban J connectivity index is 1.69. The minimum absolute atomic E-state index is 0.0364. The molecular formula is C23H23N3O5. The van der Waals surface area contributed by atoms with Crippen LogP contribution in [-0.2, 0) is 16.6 Å². The number of Topliss-reactive ketones (excluding diaryl/α,β-unsaturated/α-hetero) is 1. The number of anilines is 1. The molecule has 0 aliphatic rings. The molecule has 160 valence electrons. The van der Waals surface area contributed by atoms with Gasteiger partial charge < -0.3 is 10.1 Å². The first kappa shape index (κ1) is 21.9. The molecule has 0 fully saturated rings. The topological polar surface area (TPSA) is 107 Å². The van der Waals surface area contributed by atoms with Gasteiger partial charge in [0.2, 0.25) is 5.91 Å².